The standard InChI is InChI=1S/C12H20N2/c1-9(2)5-6-12-13-8-11(14-12)7-10(3)4/h5,8,10H,6-7H2,1-4H3,(H,13,14). The summed E-state index contributed by atoms with van der Waals surface area (Å²) in [7, 11) is 0. The molecular formula is C12H20N2. The number of imidazole rings is 1. The topological polar surface area (TPSA) is 28.7 Å². The lowest BCUT2D eigenvalue weighted by Gasteiger charge is -1.98. The zero-order valence-electron chi connectivity index (χ0n) is 9.59. The van der Waals surface area contributed by atoms with E-state index in [9.17, 15) is 0 Å². The van der Waals surface area contributed by atoms with Crippen molar-refractivity contribution in [2.24, 2.45) is 5.92 Å². The van der Waals surface area contributed by atoms with E-state index in [-0.39, 0.29) is 0 Å². The molecule has 0 saturated carbocycles. The van der Waals surface area contributed by atoms with Gasteiger partial charge in [-0.25, -0.2) is 4.98 Å². The van der Waals surface area contributed by atoms with E-state index < -0.39 is 0 Å². The molecule has 0 bridgehead atoms. The molecule has 2 heteroatoms. The zero-order chi connectivity index (χ0) is 10.6. The van der Waals surface area contributed by atoms with Crippen LogP contribution in [0.25, 0.3) is 0 Å². The predicted octanol–water partition coefficient (Wildman–Crippen LogP) is 3.12. The van der Waals surface area contributed by atoms with Crippen LogP contribution < -0.4 is 0 Å². The summed E-state index contributed by atoms with van der Waals surface area (Å²) >= 11 is 0. The molecule has 0 atom stereocenters. The smallest absolute Gasteiger partial charge is 0.110 e. The largest absolute Gasteiger partial charge is 0.348 e. The van der Waals surface area contributed by atoms with Crippen LogP contribution in [0.1, 0.15) is 39.2 Å². The van der Waals surface area contributed by atoms with Gasteiger partial charge < -0.3 is 4.98 Å². The zero-order valence-corrected chi connectivity index (χ0v) is 9.59. The normalized spacial score (nSPS) is 10.6. The van der Waals surface area contributed by atoms with Crippen molar-refractivity contribution in [2.75, 3.05) is 0 Å². The lowest BCUT2D eigenvalue weighted by molar-refractivity contribution is 0.636. The minimum Gasteiger partial charge on any atom is -0.348 e. The number of hydrogen-bond donors (Lipinski definition) is 1. The first-order chi connectivity index (χ1) is 6.58. The number of nitrogens with zero attached hydrogens (tertiary/aromatic N) is 1. The lowest BCUT2D eigenvalue weighted by atomic mass is 10.1. The molecule has 0 saturated heterocycles. The first kappa shape index (κ1) is 11.0. The van der Waals surface area contributed by atoms with E-state index in [4.69, 9.17) is 0 Å². The Balaban J connectivity index is 2.55. The summed E-state index contributed by atoms with van der Waals surface area (Å²) in [5.41, 5.74) is 2.52. The fourth-order valence-corrected chi connectivity index (χ4v) is 1.33. The van der Waals surface area contributed by atoms with Gasteiger partial charge in [0.2, 0.25) is 0 Å². The van der Waals surface area contributed by atoms with Crippen molar-refractivity contribution in [2.45, 2.75) is 40.5 Å². The molecule has 0 unspecified atom stereocenters. The molecule has 1 N–H and O–H groups in total. The summed E-state index contributed by atoms with van der Waals surface area (Å²) in [4.78, 5) is 7.73. The lowest BCUT2D eigenvalue weighted by Crippen LogP contribution is -1.94. The Morgan fingerprint density at radius 3 is 2.79 bits per heavy atom. The average Bonchev–Trinajstić information content (AvgIpc) is 2.47. The SMILES string of the molecule is CC(C)=CCc1nc(CC(C)C)c[nH]1. The first-order valence-corrected chi connectivity index (χ1v) is 5.24. The highest BCUT2D eigenvalue weighted by Gasteiger charge is 2.02. The van der Waals surface area contributed by atoms with Gasteiger partial charge >= 0.3 is 0 Å². The number of allylic oxidation sites excluding steroid dienone is 2. The van der Waals surface area contributed by atoms with Crippen molar-refractivity contribution in [1.82, 2.24) is 9.97 Å². The van der Waals surface area contributed by atoms with E-state index in [0.29, 0.717) is 5.92 Å². The van der Waals surface area contributed by atoms with Gasteiger partial charge in [-0.1, -0.05) is 25.5 Å². The highest BCUT2D eigenvalue weighted by atomic mass is 14.9. The predicted molar refractivity (Wildman–Crippen MR) is 60.3 cm³/mol. The number of H-pyrrole nitrogens is 1. The first-order valence-electron chi connectivity index (χ1n) is 5.24. The third-order valence-electron chi connectivity index (χ3n) is 2.01. The molecule has 1 aromatic rings. The van der Waals surface area contributed by atoms with Crippen LogP contribution in [0.2, 0.25) is 0 Å². The molecule has 1 heterocycles. The van der Waals surface area contributed by atoms with Gasteiger partial charge in [0.05, 0.1) is 5.69 Å². The van der Waals surface area contributed by atoms with Crippen molar-refractivity contribution in [3.63, 3.8) is 0 Å². The molecule has 0 spiro atoms. The highest BCUT2D eigenvalue weighted by molar-refractivity contribution is 5.07. The third kappa shape index (κ3) is 3.77. The summed E-state index contributed by atoms with van der Waals surface area (Å²) in [6.07, 6.45) is 6.19. The number of nitrogens with one attached hydrogen (secondary N) is 1. The Morgan fingerprint density at radius 2 is 2.21 bits per heavy atom. The van der Waals surface area contributed by atoms with E-state index in [2.05, 4.69) is 43.7 Å². The Morgan fingerprint density at radius 1 is 1.50 bits per heavy atom. The number of aromatic amines is 1. The molecular weight excluding hydrogens is 172 g/mol. The summed E-state index contributed by atoms with van der Waals surface area (Å²) < 4.78 is 0. The molecule has 2 nitrogen and oxygen atoms in total. The maximum atomic E-state index is 4.52. The van der Waals surface area contributed by atoms with Gasteiger partial charge in [-0.2, -0.15) is 0 Å². The van der Waals surface area contributed by atoms with Crippen LogP contribution in [0.5, 0.6) is 0 Å². The minimum absolute atomic E-state index is 0.676. The summed E-state index contributed by atoms with van der Waals surface area (Å²) in [6.45, 7) is 8.64. The van der Waals surface area contributed by atoms with Gasteiger partial charge in [0, 0.05) is 12.6 Å². The second-order valence-corrected chi connectivity index (χ2v) is 4.42. The van der Waals surface area contributed by atoms with Gasteiger partial charge in [-0.05, 0) is 26.2 Å². The van der Waals surface area contributed by atoms with E-state index in [1.165, 1.54) is 11.3 Å². The van der Waals surface area contributed by atoms with Crippen LogP contribution in [0.4, 0.5) is 0 Å². The maximum absolute atomic E-state index is 4.52. The minimum atomic E-state index is 0.676. The summed E-state index contributed by atoms with van der Waals surface area (Å²) in [5, 5.41) is 0. The van der Waals surface area contributed by atoms with Crippen molar-refractivity contribution >= 4 is 0 Å². The highest BCUT2D eigenvalue weighted by Crippen LogP contribution is 2.06. The molecule has 0 amide bonds. The van der Waals surface area contributed by atoms with E-state index in [0.717, 1.165) is 18.7 Å². The van der Waals surface area contributed by atoms with E-state index >= 15 is 0 Å². The monoisotopic (exact) mass is 192 g/mol. The molecule has 14 heavy (non-hydrogen) atoms. The van der Waals surface area contributed by atoms with Gasteiger partial charge in [0.15, 0.2) is 0 Å². The summed E-state index contributed by atoms with van der Waals surface area (Å²) in [5.74, 6) is 1.75. The van der Waals surface area contributed by atoms with Crippen molar-refractivity contribution in [1.29, 1.82) is 0 Å². The second kappa shape index (κ2) is 4.99. The molecule has 0 aliphatic heterocycles. The van der Waals surface area contributed by atoms with Crippen LogP contribution in [0, 0.1) is 5.92 Å². The fourth-order valence-electron chi connectivity index (χ4n) is 1.33. The molecule has 0 aliphatic carbocycles. The number of aromatic nitrogens is 2. The van der Waals surface area contributed by atoms with Crippen LogP contribution in [0.3, 0.4) is 0 Å². The Kier molecular flexibility index (Phi) is 3.93. The number of hydrogen-bond acceptors (Lipinski definition) is 1. The molecule has 0 fully saturated rings. The maximum Gasteiger partial charge on any atom is 0.110 e. The Labute approximate surface area is 86.5 Å². The molecule has 0 aromatic carbocycles. The van der Waals surface area contributed by atoms with Crippen LogP contribution in [-0.4, -0.2) is 9.97 Å². The quantitative estimate of drug-likeness (QED) is 0.729. The molecule has 78 valence electrons. The second-order valence-electron chi connectivity index (χ2n) is 4.42. The van der Waals surface area contributed by atoms with Crippen molar-refractivity contribution < 1.29 is 0 Å². The molecule has 0 radical (unpaired) electrons. The fraction of sp³-hybridized carbons (Fsp3) is 0.583. The van der Waals surface area contributed by atoms with Crippen molar-refractivity contribution in [3.05, 3.63) is 29.4 Å². The van der Waals surface area contributed by atoms with Gasteiger partial charge in [0.1, 0.15) is 5.82 Å². The van der Waals surface area contributed by atoms with Crippen LogP contribution in [-0.2, 0) is 12.8 Å². The van der Waals surface area contributed by atoms with Gasteiger partial charge in [-0.3, -0.25) is 0 Å². The van der Waals surface area contributed by atoms with Gasteiger partial charge in [-0.15, -0.1) is 0 Å². The Hall–Kier alpha value is -1.05. The Bertz CT molecular complexity index is 304. The van der Waals surface area contributed by atoms with Crippen LogP contribution >= 0.6 is 0 Å². The van der Waals surface area contributed by atoms with E-state index in [1.54, 1.807) is 0 Å². The summed E-state index contributed by atoms with van der Waals surface area (Å²) in [6, 6.07) is 0. The molecule has 1 rings (SSSR count). The van der Waals surface area contributed by atoms with Crippen molar-refractivity contribution in [3.8, 4) is 0 Å². The van der Waals surface area contributed by atoms with E-state index in [1.807, 2.05) is 6.20 Å². The third-order valence-corrected chi connectivity index (χ3v) is 2.01. The van der Waals surface area contributed by atoms with Gasteiger partial charge in [0.25, 0.3) is 0 Å². The van der Waals surface area contributed by atoms with Crippen LogP contribution in [0.15, 0.2) is 17.8 Å². The molecule has 1 aromatic heterocycles. The average molecular weight is 192 g/mol. The molecule has 0 aliphatic rings. The number of rotatable bonds is 4.